The van der Waals surface area contributed by atoms with Gasteiger partial charge in [-0.15, -0.1) is 0 Å². The number of carboxylic acids is 1. The number of carbonyl (C=O) groups excluding carboxylic acids is 1. The number of hydrogen-bond donors (Lipinski definition) is 3. The lowest BCUT2D eigenvalue weighted by atomic mass is 9.84. The molecule has 0 rings (SSSR count). The molecular weight excluding hydrogens is 272 g/mol. The van der Waals surface area contributed by atoms with Crippen molar-refractivity contribution in [3.05, 3.63) is 0 Å². The summed E-state index contributed by atoms with van der Waals surface area (Å²) in [6.07, 6.45) is 3.38. The van der Waals surface area contributed by atoms with E-state index in [1.165, 1.54) is 0 Å². The van der Waals surface area contributed by atoms with Crippen molar-refractivity contribution in [3.8, 4) is 0 Å². The molecular formula is C15H30N2O4. The molecule has 0 aromatic rings. The number of hydrogen-bond acceptors (Lipinski definition) is 3. The minimum absolute atomic E-state index is 0.0404. The predicted molar refractivity (Wildman–Crippen MR) is 82.2 cm³/mol. The molecule has 0 aromatic heterocycles. The molecule has 0 heterocycles. The van der Waals surface area contributed by atoms with E-state index >= 15 is 0 Å². The second-order valence-corrected chi connectivity index (χ2v) is 6.10. The standard InChI is InChI=1S/C15H30N2O4/c1-4-5-10-17(11-12-18)14(21)16-9-8-15(2,3)7-6-13(19)20/h18H,4-12H2,1-3H3,(H,16,21)(H,19,20). The first-order valence-corrected chi connectivity index (χ1v) is 7.68. The summed E-state index contributed by atoms with van der Waals surface area (Å²) in [5.74, 6) is -0.791. The molecule has 0 radical (unpaired) electrons. The molecule has 0 aliphatic heterocycles. The SMILES string of the molecule is CCCCN(CCO)C(=O)NCCC(C)(C)CCC(=O)O. The van der Waals surface area contributed by atoms with Crippen LogP contribution >= 0.6 is 0 Å². The topological polar surface area (TPSA) is 89.9 Å². The summed E-state index contributed by atoms with van der Waals surface area (Å²) < 4.78 is 0. The number of carbonyl (C=O) groups is 2. The fourth-order valence-electron chi connectivity index (χ4n) is 1.97. The Hall–Kier alpha value is -1.30. The Labute approximate surface area is 127 Å². The van der Waals surface area contributed by atoms with E-state index in [4.69, 9.17) is 10.2 Å². The van der Waals surface area contributed by atoms with Crippen LogP contribution in [0.5, 0.6) is 0 Å². The number of nitrogens with one attached hydrogen (secondary N) is 1. The van der Waals surface area contributed by atoms with Gasteiger partial charge in [0.15, 0.2) is 0 Å². The Kier molecular flexibility index (Phi) is 9.78. The van der Waals surface area contributed by atoms with E-state index in [-0.39, 0.29) is 24.5 Å². The van der Waals surface area contributed by atoms with E-state index in [1.54, 1.807) is 4.90 Å². The lowest BCUT2D eigenvalue weighted by molar-refractivity contribution is -0.137. The van der Waals surface area contributed by atoms with Crippen molar-refractivity contribution in [2.45, 2.75) is 52.9 Å². The van der Waals surface area contributed by atoms with Crippen LogP contribution in [-0.4, -0.2) is 53.4 Å². The maximum atomic E-state index is 12.0. The van der Waals surface area contributed by atoms with Crippen molar-refractivity contribution in [3.63, 3.8) is 0 Å². The van der Waals surface area contributed by atoms with Crippen molar-refractivity contribution < 1.29 is 19.8 Å². The zero-order valence-corrected chi connectivity index (χ0v) is 13.5. The van der Waals surface area contributed by atoms with Gasteiger partial charge in [0.05, 0.1) is 6.61 Å². The number of aliphatic hydroxyl groups is 1. The van der Waals surface area contributed by atoms with Crippen LogP contribution in [0.2, 0.25) is 0 Å². The van der Waals surface area contributed by atoms with Crippen molar-refractivity contribution in [1.29, 1.82) is 0 Å². The quantitative estimate of drug-likeness (QED) is 0.545. The van der Waals surface area contributed by atoms with E-state index in [2.05, 4.69) is 12.2 Å². The van der Waals surface area contributed by atoms with Crippen LogP contribution in [0.15, 0.2) is 0 Å². The molecule has 3 N–H and O–H groups in total. The Morgan fingerprint density at radius 3 is 2.38 bits per heavy atom. The van der Waals surface area contributed by atoms with Gasteiger partial charge in [-0.1, -0.05) is 27.2 Å². The van der Waals surface area contributed by atoms with E-state index in [0.29, 0.717) is 26.1 Å². The van der Waals surface area contributed by atoms with Crippen molar-refractivity contribution in [1.82, 2.24) is 10.2 Å². The van der Waals surface area contributed by atoms with Gasteiger partial charge in [0, 0.05) is 26.1 Å². The summed E-state index contributed by atoms with van der Waals surface area (Å²) in [7, 11) is 0. The number of amides is 2. The number of aliphatic carboxylic acids is 1. The van der Waals surface area contributed by atoms with Gasteiger partial charge in [-0.2, -0.15) is 0 Å². The molecule has 6 nitrogen and oxygen atoms in total. The Morgan fingerprint density at radius 1 is 1.19 bits per heavy atom. The number of nitrogens with zero attached hydrogens (tertiary/aromatic N) is 1. The number of carboxylic acid groups (broad SMARTS) is 1. The summed E-state index contributed by atoms with van der Waals surface area (Å²) in [6, 6.07) is -0.161. The van der Waals surface area contributed by atoms with Gasteiger partial charge < -0.3 is 20.4 Å². The zero-order valence-electron chi connectivity index (χ0n) is 13.5. The highest BCUT2D eigenvalue weighted by atomic mass is 16.4. The third kappa shape index (κ3) is 10.1. The molecule has 2 amide bonds. The van der Waals surface area contributed by atoms with Crippen molar-refractivity contribution >= 4 is 12.0 Å². The molecule has 21 heavy (non-hydrogen) atoms. The second kappa shape index (κ2) is 10.4. The molecule has 0 unspecified atom stereocenters. The first kappa shape index (κ1) is 19.7. The van der Waals surface area contributed by atoms with Gasteiger partial charge >= 0.3 is 12.0 Å². The third-order valence-corrected chi connectivity index (χ3v) is 3.53. The highest BCUT2D eigenvalue weighted by Crippen LogP contribution is 2.25. The number of unbranched alkanes of at least 4 members (excludes halogenated alkanes) is 1. The van der Waals surface area contributed by atoms with Crippen LogP contribution in [0.4, 0.5) is 4.79 Å². The number of aliphatic hydroxyl groups excluding tert-OH is 1. The van der Waals surface area contributed by atoms with Crippen LogP contribution in [0.25, 0.3) is 0 Å². The fraction of sp³-hybridized carbons (Fsp3) is 0.867. The molecule has 0 aliphatic rings. The van der Waals surface area contributed by atoms with Crippen LogP contribution in [0, 0.1) is 5.41 Å². The summed E-state index contributed by atoms with van der Waals surface area (Å²) in [5.41, 5.74) is -0.114. The Bertz CT molecular complexity index is 319. The fourth-order valence-corrected chi connectivity index (χ4v) is 1.97. The van der Waals surface area contributed by atoms with Gasteiger partial charge in [0.2, 0.25) is 0 Å². The summed E-state index contributed by atoms with van der Waals surface area (Å²) in [6.45, 7) is 7.52. The number of rotatable bonds is 11. The normalized spacial score (nSPS) is 11.2. The molecule has 0 atom stereocenters. The van der Waals surface area contributed by atoms with E-state index in [0.717, 1.165) is 19.3 Å². The van der Waals surface area contributed by atoms with E-state index in [9.17, 15) is 9.59 Å². The minimum atomic E-state index is -0.791. The van der Waals surface area contributed by atoms with Gasteiger partial charge in [-0.05, 0) is 24.7 Å². The Balaban J connectivity index is 4.11. The van der Waals surface area contributed by atoms with E-state index < -0.39 is 5.97 Å². The lowest BCUT2D eigenvalue weighted by Crippen LogP contribution is -2.43. The molecule has 0 aliphatic carbocycles. The first-order chi connectivity index (χ1) is 9.82. The molecule has 124 valence electrons. The average Bonchev–Trinajstić information content (AvgIpc) is 2.41. The highest BCUT2D eigenvalue weighted by molar-refractivity contribution is 5.74. The summed E-state index contributed by atoms with van der Waals surface area (Å²) in [4.78, 5) is 24.2. The average molecular weight is 302 g/mol. The monoisotopic (exact) mass is 302 g/mol. The molecule has 0 saturated carbocycles. The molecule has 0 fully saturated rings. The van der Waals surface area contributed by atoms with Crippen LogP contribution in [0.1, 0.15) is 52.9 Å². The van der Waals surface area contributed by atoms with Crippen LogP contribution in [-0.2, 0) is 4.79 Å². The summed E-state index contributed by atoms with van der Waals surface area (Å²) >= 11 is 0. The highest BCUT2D eigenvalue weighted by Gasteiger charge is 2.20. The van der Waals surface area contributed by atoms with E-state index in [1.807, 2.05) is 13.8 Å². The van der Waals surface area contributed by atoms with Gasteiger partial charge in [-0.3, -0.25) is 4.79 Å². The van der Waals surface area contributed by atoms with Crippen LogP contribution < -0.4 is 5.32 Å². The minimum Gasteiger partial charge on any atom is -0.481 e. The van der Waals surface area contributed by atoms with Gasteiger partial charge in [0.1, 0.15) is 0 Å². The molecule has 0 aromatic carbocycles. The third-order valence-electron chi connectivity index (χ3n) is 3.53. The first-order valence-electron chi connectivity index (χ1n) is 7.68. The maximum Gasteiger partial charge on any atom is 0.317 e. The lowest BCUT2D eigenvalue weighted by Gasteiger charge is -2.26. The Morgan fingerprint density at radius 2 is 1.86 bits per heavy atom. The summed E-state index contributed by atoms with van der Waals surface area (Å²) in [5, 5.41) is 20.5. The molecule has 0 saturated heterocycles. The zero-order chi connectivity index (χ0) is 16.3. The number of urea groups is 1. The molecule has 6 heteroatoms. The van der Waals surface area contributed by atoms with Gasteiger partial charge in [-0.25, -0.2) is 4.79 Å². The smallest absolute Gasteiger partial charge is 0.317 e. The maximum absolute atomic E-state index is 12.0. The van der Waals surface area contributed by atoms with Crippen LogP contribution in [0.3, 0.4) is 0 Å². The molecule has 0 bridgehead atoms. The van der Waals surface area contributed by atoms with Crippen molar-refractivity contribution in [2.24, 2.45) is 5.41 Å². The molecule has 0 spiro atoms. The van der Waals surface area contributed by atoms with Gasteiger partial charge in [0.25, 0.3) is 0 Å². The predicted octanol–water partition coefficient (Wildman–Crippen LogP) is 2.07. The second-order valence-electron chi connectivity index (χ2n) is 6.10. The van der Waals surface area contributed by atoms with Crippen molar-refractivity contribution in [2.75, 3.05) is 26.2 Å². The largest absolute Gasteiger partial charge is 0.481 e.